The molecule has 0 amide bonds. The standard InChI is InChI=1S/C27H23NO/c1-27(2)23-15-9-10-16-25(23)29-26-18-17-22(19-24(26)27)28(20-11-5-3-6-12-20)21-13-7-4-8-14-21/h3-19H,1-2H3. The molecule has 142 valence electrons. The minimum absolute atomic E-state index is 0.140. The maximum Gasteiger partial charge on any atom is 0.131 e. The molecule has 0 bridgehead atoms. The Bertz CT molecular complexity index is 1110. The molecule has 0 fully saturated rings. The third-order valence-electron chi connectivity index (χ3n) is 5.70. The summed E-state index contributed by atoms with van der Waals surface area (Å²) in [6.07, 6.45) is 0. The monoisotopic (exact) mass is 377 g/mol. The first-order chi connectivity index (χ1) is 14.1. The van der Waals surface area contributed by atoms with Crippen molar-refractivity contribution in [1.82, 2.24) is 0 Å². The van der Waals surface area contributed by atoms with Crippen molar-refractivity contribution in [1.29, 1.82) is 0 Å². The molecule has 1 aliphatic heterocycles. The quantitative estimate of drug-likeness (QED) is 0.365. The Morgan fingerprint density at radius 3 is 1.76 bits per heavy atom. The molecule has 4 aromatic rings. The van der Waals surface area contributed by atoms with Crippen LogP contribution in [-0.4, -0.2) is 0 Å². The number of benzene rings is 4. The normalized spacial score (nSPS) is 13.7. The van der Waals surface area contributed by atoms with Gasteiger partial charge in [0, 0.05) is 33.6 Å². The molecule has 0 aliphatic carbocycles. The van der Waals surface area contributed by atoms with E-state index >= 15 is 0 Å². The highest BCUT2D eigenvalue weighted by Crippen LogP contribution is 2.49. The lowest BCUT2D eigenvalue weighted by Crippen LogP contribution is -2.24. The fourth-order valence-electron chi connectivity index (χ4n) is 4.17. The Balaban J connectivity index is 1.67. The van der Waals surface area contributed by atoms with Gasteiger partial charge in [0.25, 0.3) is 0 Å². The first-order valence-corrected chi connectivity index (χ1v) is 9.97. The van der Waals surface area contributed by atoms with Crippen molar-refractivity contribution in [3.05, 3.63) is 114 Å². The van der Waals surface area contributed by atoms with Gasteiger partial charge in [-0.15, -0.1) is 0 Å². The highest BCUT2D eigenvalue weighted by molar-refractivity contribution is 5.78. The molecule has 0 atom stereocenters. The second-order valence-electron chi connectivity index (χ2n) is 7.91. The van der Waals surface area contributed by atoms with Crippen LogP contribution in [0.15, 0.2) is 103 Å². The minimum atomic E-state index is -0.140. The summed E-state index contributed by atoms with van der Waals surface area (Å²) in [6, 6.07) is 35.8. The fourth-order valence-corrected chi connectivity index (χ4v) is 4.17. The molecule has 0 N–H and O–H groups in total. The molecule has 2 nitrogen and oxygen atoms in total. The van der Waals surface area contributed by atoms with Crippen molar-refractivity contribution >= 4 is 17.1 Å². The second kappa shape index (κ2) is 6.82. The lowest BCUT2D eigenvalue weighted by atomic mass is 9.75. The first-order valence-electron chi connectivity index (χ1n) is 9.97. The van der Waals surface area contributed by atoms with E-state index in [0.29, 0.717) is 0 Å². The van der Waals surface area contributed by atoms with Gasteiger partial charge in [0.05, 0.1) is 0 Å². The molecule has 0 unspecified atom stereocenters. The molecule has 29 heavy (non-hydrogen) atoms. The molecule has 0 radical (unpaired) electrons. The largest absolute Gasteiger partial charge is 0.457 e. The van der Waals surface area contributed by atoms with Crippen LogP contribution in [0.2, 0.25) is 0 Å². The fraction of sp³-hybridized carbons (Fsp3) is 0.111. The van der Waals surface area contributed by atoms with Gasteiger partial charge in [-0.1, -0.05) is 68.4 Å². The Morgan fingerprint density at radius 2 is 1.10 bits per heavy atom. The smallest absolute Gasteiger partial charge is 0.131 e. The molecule has 4 aromatic carbocycles. The molecular formula is C27H23NO. The predicted octanol–water partition coefficient (Wildman–Crippen LogP) is 7.59. The van der Waals surface area contributed by atoms with Crippen LogP contribution in [-0.2, 0) is 5.41 Å². The maximum absolute atomic E-state index is 6.24. The Morgan fingerprint density at radius 1 is 0.552 bits per heavy atom. The van der Waals surface area contributed by atoms with E-state index in [9.17, 15) is 0 Å². The zero-order valence-corrected chi connectivity index (χ0v) is 16.7. The van der Waals surface area contributed by atoms with Crippen LogP contribution in [0.3, 0.4) is 0 Å². The summed E-state index contributed by atoms with van der Waals surface area (Å²) < 4.78 is 6.24. The number of anilines is 3. The number of ether oxygens (including phenoxy) is 1. The van der Waals surface area contributed by atoms with Crippen molar-refractivity contribution in [2.45, 2.75) is 19.3 Å². The highest BCUT2D eigenvalue weighted by atomic mass is 16.5. The maximum atomic E-state index is 6.24. The lowest BCUT2D eigenvalue weighted by molar-refractivity contribution is 0.418. The van der Waals surface area contributed by atoms with Gasteiger partial charge in [0.2, 0.25) is 0 Å². The zero-order valence-electron chi connectivity index (χ0n) is 16.7. The number of fused-ring (bicyclic) bond motifs is 2. The molecule has 0 saturated carbocycles. The van der Waals surface area contributed by atoms with Crippen LogP contribution >= 0.6 is 0 Å². The second-order valence-corrected chi connectivity index (χ2v) is 7.91. The molecule has 0 aromatic heterocycles. The van der Waals surface area contributed by atoms with Gasteiger partial charge in [-0.2, -0.15) is 0 Å². The summed E-state index contributed by atoms with van der Waals surface area (Å²) in [6.45, 7) is 4.54. The van der Waals surface area contributed by atoms with Gasteiger partial charge < -0.3 is 9.64 Å². The van der Waals surface area contributed by atoms with E-state index in [0.717, 1.165) is 28.6 Å². The summed E-state index contributed by atoms with van der Waals surface area (Å²) in [5, 5.41) is 0. The van der Waals surface area contributed by atoms with E-state index in [4.69, 9.17) is 4.74 Å². The zero-order chi connectivity index (χ0) is 19.8. The minimum Gasteiger partial charge on any atom is -0.457 e. The van der Waals surface area contributed by atoms with E-state index in [-0.39, 0.29) is 5.41 Å². The summed E-state index contributed by atoms with van der Waals surface area (Å²) in [4.78, 5) is 2.29. The Kier molecular flexibility index (Phi) is 4.13. The topological polar surface area (TPSA) is 12.5 Å². The van der Waals surface area contributed by atoms with Crippen molar-refractivity contribution < 1.29 is 4.74 Å². The van der Waals surface area contributed by atoms with Crippen LogP contribution in [0, 0.1) is 0 Å². The molecule has 1 heterocycles. The van der Waals surface area contributed by atoms with Gasteiger partial charge in [-0.25, -0.2) is 0 Å². The SMILES string of the molecule is CC1(C)c2ccccc2Oc2ccc(N(c3ccccc3)c3ccccc3)cc21. The van der Waals surface area contributed by atoms with E-state index in [1.54, 1.807) is 0 Å². The third kappa shape index (κ3) is 2.98. The van der Waals surface area contributed by atoms with Crippen LogP contribution < -0.4 is 9.64 Å². The van der Waals surface area contributed by atoms with Gasteiger partial charge in [0.15, 0.2) is 0 Å². The van der Waals surface area contributed by atoms with Crippen molar-refractivity contribution in [3.63, 3.8) is 0 Å². The number of nitrogens with zero attached hydrogens (tertiary/aromatic N) is 1. The van der Waals surface area contributed by atoms with Crippen molar-refractivity contribution in [3.8, 4) is 11.5 Å². The third-order valence-corrected chi connectivity index (χ3v) is 5.70. The lowest BCUT2D eigenvalue weighted by Gasteiger charge is -2.36. The number of rotatable bonds is 3. The van der Waals surface area contributed by atoms with E-state index in [1.165, 1.54) is 11.1 Å². The molecular weight excluding hydrogens is 354 g/mol. The van der Waals surface area contributed by atoms with E-state index in [2.05, 4.69) is 97.6 Å². The van der Waals surface area contributed by atoms with Gasteiger partial charge in [0.1, 0.15) is 11.5 Å². The summed E-state index contributed by atoms with van der Waals surface area (Å²) >= 11 is 0. The molecule has 0 saturated heterocycles. The summed E-state index contributed by atoms with van der Waals surface area (Å²) in [5.41, 5.74) is 5.67. The Labute approximate surface area is 172 Å². The molecule has 2 heteroatoms. The average molecular weight is 377 g/mol. The van der Waals surface area contributed by atoms with Crippen LogP contribution in [0.25, 0.3) is 0 Å². The predicted molar refractivity (Wildman–Crippen MR) is 120 cm³/mol. The molecule has 1 aliphatic rings. The Hall–Kier alpha value is -3.52. The number of hydrogen-bond donors (Lipinski definition) is 0. The van der Waals surface area contributed by atoms with Gasteiger partial charge in [-0.3, -0.25) is 0 Å². The van der Waals surface area contributed by atoms with Gasteiger partial charge in [-0.05, 0) is 48.5 Å². The van der Waals surface area contributed by atoms with E-state index < -0.39 is 0 Å². The molecule has 0 spiro atoms. The number of hydrogen-bond acceptors (Lipinski definition) is 2. The highest BCUT2D eigenvalue weighted by Gasteiger charge is 2.34. The number of para-hydroxylation sites is 3. The van der Waals surface area contributed by atoms with Crippen LogP contribution in [0.5, 0.6) is 11.5 Å². The average Bonchev–Trinajstić information content (AvgIpc) is 2.76. The summed E-state index contributed by atoms with van der Waals surface area (Å²) in [5.74, 6) is 1.87. The van der Waals surface area contributed by atoms with Crippen molar-refractivity contribution in [2.24, 2.45) is 0 Å². The first kappa shape index (κ1) is 17.6. The van der Waals surface area contributed by atoms with E-state index in [1.807, 2.05) is 24.3 Å². The van der Waals surface area contributed by atoms with Crippen molar-refractivity contribution in [2.75, 3.05) is 4.90 Å². The van der Waals surface area contributed by atoms with Gasteiger partial charge >= 0.3 is 0 Å². The van der Waals surface area contributed by atoms with Crippen LogP contribution in [0.1, 0.15) is 25.0 Å². The van der Waals surface area contributed by atoms with Crippen LogP contribution in [0.4, 0.5) is 17.1 Å². The molecule has 5 rings (SSSR count). The summed E-state index contributed by atoms with van der Waals surface area (Å²) in [7, 11) is 0.